The Bertz CT molecular complexity index is 1520. The van der Waals surface area contributed by atoms with Crippen LogP contribution in [0.1, 0.15) is 5.56 Å². The van der Waals surface area contributed by atoms with Gasteiger partial charge in [0.1, 0.15) is 11.2 Å². The van der Waals surface area contributed by atoms with Gasteiger partial charge in [-0.25, -0.2) is 0 Å². The number of furan rings is 1. The van der Waals surface area contributed by atoms with Crippen LogP contribution in [0.4, 0.5) is 0 Å². The summed E-state index contributed by atoms with van der Waals surface area (Å²) >= 11 is 0. The highest BCUT2D eigenvalue weighted by atomic mass is 16.3. The van der Waals surface area contributed by atoms with E-state index in [4.69, 9.17) is 4.42 Å². The third-order valence-electron chi connectivity index (χ3n) is 5.78. The van der Waals surface area contributed by atoms with E-state index < -0.39 is 0 Å². The topological polar surface area (TPSA) is 13.1 Å². The van der Waals surface area contributed by atoms with E-state index in [1.54, 1.807) is 0 Å². The monoisotopic (exact) mass is 358 g/mol. The van der Waals surface area contributed by atoms with E-state index >= 15 is 0 Å². The molecule has 0 atom stereocenters. The molecule has 0 amide bonds. The quantitative estimate of drug-likeness (QED) is 0.273. The molecule has 0 saturated carbocycles. The Morgan fingerprint density at radius 3 is 2.36 bits per heavy atom. The Kier molecular flexibility index (Phi) is 3.15. The Balaban J connectivity index is 1.73. The number of hydrogen-bond donors (Lipinski definition) is 0. The molecule has 5 aromatic carbocycles. The van der Waals surface area contributed by atoms with E-state index in [1.807, 2.05) is 6.07 Å². The summed E-state index contributed by atoms with van der Waals surface area (Å²) in [5, 5.41) is 7.54. The largest absolute Gasteiger partial charge is 0.456 e. The van der Waals surface area contributed by atoms with Crippen LogP contribution < -0.4 is 0 Å². The zero-order valence-electron chi connectivity index (χ0n) is 15.6. The molecule has 0 unspecified atom stereocenters. The first-order chi connectivity index (χ1) is 13.8. The summed E-state index contributed by atoms with van der Waals surface area (Å²) in [5.41, 5.74) is 5.63. The lowest BCUT2D eigenvalue weighted by molar-refractivity contribution is 0.669. The molecule has 6 aromatic rings. The predicted molar refractivity (Wildman–Crippen MR) is 119 cm³/mol. The normalized spacial score (nSPS) is 11.8. The lowest BCUT2D eigenvalue weighted by Crippen LogP contribution is -1.84. The molecule has 28 heavy (non-hydrogen) atoms. The van der Waals surface area contributed by atoms with Crippen LogP contribution in [0.5, 0.6) is 0 Å². The predicted octanol–water partition coefficient (Wildman–Crippen LogP) is 7.87. The molecule has 0 aliphatic heterocycles. The second-order valence-electron chi connectivity index (χ2n) is 7.45. The summed E-state index contributed by atoms with van der Waals surface area (Å²) in [6.45, 7) is 2.15. The van der Waals surface area contributed by atoms with E-state index in [-0.39, 0.29) is 0 Å². The molecule has 0 aliphatic carbocycles. The smallest absolute Gasteiger partial charge is 0.135 e. The highest BCUT2D eigenvalue weighted by molar-refractivity contribution is 6.15. The van der Waals surface area contributed by atoms with Gasteiger partial charge in [-0.1, -0.05) is 72.8 Å². The molecule has 1 heteroatoms. The van der Waals surface area contributed by atoms with Crippen molar-refractivity contribution >= 4 is 43.5 Å². The maximum Gasteiger partial charge on any atom is 0.135 e. The molecule has 1 heterocycles. The van der Waals surface area contributed by atoms with Crippen LogP contribution in [0.25, 0.3) is 54.6 Å². The summed E-state index contributed by atoms with van der Waals surface area (Å²) in [6.07, 6.45) is 0. The summed E-state index contributed by atoms with van der Waals surface area (Å²) < 4.78 is 6.08. The number of hydrogen-bond acceptors (Lipinski definition) is 1. The van der Waals surface area contributed by atoms with E-state index in [0.29, 0.717) is 0 Å². The molecule has 1 nitrogen and oxygen atoms in total. The third kappa shape index (κ3) is 2.13. The van der Waals surface area contributed by atoms with E-state index in [2.05, 4.69) is 91.9 Å². The highest BCUT2D eigenvalue weighted by Crippen LogP contribution is 2.38. The second-order valence-corrected chi connectivity index (χ2v) is 7.45. The highest BCUT2D eigenvalue weighted by Gasteiger charge is 2.12. The van der Waals surface area contributed by atoms with Gasteiger partial charge in [0.2, 0.25) is 0 Å². The molecule has 0 fully saturated rings. The van der Waals surface area contributed by atoms with Crippen LogP contribution in [0.15, 0.2) is 95.4 Å². The fraction of sp³-hybridized carbons (Fsp3) is 0.0370. The maximum atomic E-state index is 6.08. The first-order valence-electron chi connectivity index (χ1n) is 9.62. The average Bonchev–Trinajstić information content (AvgIpc) is 3.12. The Morgan fingerprint density at radius 1 is 0.571 bits per heavy atom. The van der Waals surface area contributed by atoms with E-state index in [1.165, 1.54) is 49.0 Å². The van der Waals surface area contributed by atoms with Crippen molar-refractivity contribution in [3.8, 4) is 11.1 Å². The maximum absolute atomic E-state index is 6.08. The van der Waals surface area contributed by atoms with Crippen LogP contribution in [0.3, 0.4) is 0 Å². The van der Waals surface area contributed by atoms with Gasteiger partial charge in [0.15, 0.2) is 0 Å². The molecule has 0 radical (unpaired) electrons. The van der Waals surface area contributed by atoms with Gasteiger partial charge >= 0.3 is 0 Å². The average molecular weight is 358 g/mol. The Morgan fingerprint density at radius 2 is 1.39 bits per heavy atom. The molecular formula is C27H18O. The molecule has 1 aromatic heterocycles. The minimum atomic E-state index is 0.943. The van der Waals surface area contributed by atoms with Crippen molar-refractivity contribution in [2.24, 2.45) is 0 Å². The lowest BCUT2D eigenvalue weighted by atomic mass is 9.93. The summed E-state index contributed by atoms with van der Waals surface area (Å²) in [4.78, 5) is 0. The minimum Gasteiger partial charge on any atom is -0.456 e. The SMILES string of the molecule is Cc1cccc2oc3ccc(-c4cccc5ccc6ccccc6c45)cc3c12. The Hall–Kier alpha value is -3.58. The summed E-state index contributed by atoms with van der Waals surface area (Å²) in [6, 6.07) is 32.4. The first-order valence-corrected chi connectivity index (χ1v) is 9.62. The zero-order chi connectivity index (χ0) is 18.7. The summed E-state index contributed by atoms with van der Waals surface area (Å²) in [7, 11) is 0. The van der Waals surface area contributed by atoms with Crippen molar-refractivity contribution in [3.05, 3.63) is 96.6 Å². The molecule has 0 spiro atoms. The van der Waals surface area contributed by atoms with Gasteiger partial charge in [-0.05, 0) is 63.4 Å². The van der Waals surface area contributed by atoms with Crippen LogP contribution in [-0.2, 0) is 0 Å². The van der Waals surface area contributed by atoms with Gasteiger partial charge in [0.25, 0.3) is 0 Å². The van der Waals surface area contributed by atoms with Gasteiger partial charge in [0.05, 0.1) is 0 Å². The van der Waals surface area contributed by atoms with Crippen LogP contribution in [-0.4, -0.2) is 0 Å². The number of benzene rings is 5. The number of rotatable bonds is 1. The van der Waals surface area contributed by atoms with E-state index in [9.17, 15) is 0 Å². The Labute approximate surface area is 162 Å². The van der Waals surface area contributed by atoms with Crippen LogP contribution in [0.2, 0.25) is 0 Å². The van der Waals surface area contributed by atoms with E-state index in [0.717, 1.165) is 11.2 Å². The summed E-state index contributed by atoms with van der Waals surface area (Å²) in [5.74, 6) is 0. The lowest BCUT2D eigenvalue weighted by Gasteiger charge is -2.10. The van der Waals surface area contributed by atoms with Crippen molar-refractivity contribution in [1.29, 1.82) is 0 Å². The molecule has 0 saturated heterocycles. The van der Waals surface area contributed by atoms with Crippen LogP contribution >= 0.6 is 0 Å². The first kappa shape index (κ1) is 15.5. The molecular weight excluding hydrogens is 340 g/mol. The molecule has 0 bridgehead atoms. The van der Waals surface area contributed by atoms with Crippen molar-refractivity contribution in [1.82, 2.24) is 0 Å². The van der Waals surface area contributed by atoms with Crippen molar-refractivity contribution < 1.29 is 4.42 Å². The van der Waals surface area contributed by atoms with Crippen molar-refractivity contribution in [2.75, 3.05) is 0 Å². The standard InChI is InChI=1S/C27H18O/c1-17-6-4-11-25-26(17)23-16-20(14-15-24(23)28-25)22-10-5-8-19-13-12-18-7-2-3-9-21(18)27(19)22/h2-16H,1H3. The van der Waals surface area contributed by atoms with Crippen molar-refractivity contribution in [3.63, 3.8) is 0 Å². The van der Waals surface area contributed by atoms with Gasteiger partial charge in [-0.2, -0.15) is 0 Å². The van der Waals surface area contributed by atoms with Crippen molar-refractivity contribution in [2.45, 2.75) is 6.92 Å². The fourth-order valence-electron chi connectivity index (χ4n) is 4.47. The fourth-order valence-corrected chi connectivity index (χ4v) is 4.47. The minimum absolute atomic E-state index is 0.943. The molecule has 0 N–H and O–H groups in total. The van der Waals surface area contributed by atoms with Crippen LogP contribution in [0, 0.1) is 6.92 Å². The number of aryl methyl sites for hydroxylation is 1. The van der Waals surface area contributed by atoms with Gasteiger partial charge in [-0.3, -0.25) is 0 Å². The molecule has 0 aliphatic rings. The number of fused-ring (bicyclic) bond motifs is 6. The molecule has 6 rings (SSSR count). The van der Waals surface area contributed by atoms with Gasteiger partial charge in [0, 0.05) is 10.8 Å². The second kappa shape index (κ2) is 5.71. The molecule has 132 valence electrons. The third-order valence-corrected chi connectivity index (χ3v) is 5.78. The van der Waals surface area contributed by atoms with Gasteiger partial charge < -0.3 is 4.42 Å². The van der Waals surface area contributed by atoms with Gasteiger partial charge in [-0.15, -0.1) is 0 Å². The zero-order valence-corrected chi connectivity index (χ0v) is 15.6.